The van der Waals surface area contributed by atoms with Gasteiger partial charge in [-0.2, -0.15) is 0 Å². The highest BCUT2D eigenvalue weighted by Crippen LogP contribution is 2.30. The highest BCUT2D eigenvalue weighted by atomic mass is 16.5. The Morgan fingerprint density at radius 2 is 2.08 bits per heavy atom. The molecule has 1 fully saturated rings. The summed E-state index contributed by atoms with van der Waals surface area (Å²) in [6.07, 6.45) is 4.91. The average Bonchev–Trinajstić information content (AvgIpc) is 3.11. The van der Waals surface area contributed by atoms with Crippen molar-refractivity contribution in [3.8, 4) is 0 Å². The number of aryl methyl sites for hydroxylation is 1. The smallest absolute Gasteiger partial charge is 0.339 e. The van der Waals surface area contributed by atoms with Gasteiger partial charge in [-0.15, -0.1) is 0 Å². The first-order chi connectivity index (χ1) is 12.6. The van der Waals surface area contributed by atoms with E-state index in [4.69, 9.17) is 9.72 Å². The first kappa shape index (κ1) is 17.0. The lowest BCUT2D eigenvalue weighted by molar-refractivity contribution is -0.136. The second kappa shape index (κ2) is 7.06. The highest BCUT2D eigenvalue weighted by Gasteiger charge is 2.26. The Balaban J connectivity index is 1.54. The maximum absolute atomic E-state index is 12.8. The molecule has 26 heavy (non-hydrogen) atoms. The highest BCUT2D eigenvalue weighted by molar-refractivity contribution is 6.05. The molecule has 1 atom stereocenters. The SMILES string of the molecule is CC1CCCN(C(=O)COC(=O)c2c3c(nc4ccccc24)CCC3)C1. The Hall–Kier alpha value is -2.43. The van der Waals surface area contributed by atoms with Gasteiger partial charge in [0.15, 0.2) is 6.61 Å². The third kappa shape index (κ3) is 3.18. The number of para-hydroxylation sites is 1. The molecule has 1 aliphatic heterocycles. The lowest BCUT2D eigenvalue weighted by atomic mass is 10.0. The molecule has 0 bridgehead atoms. The van der Waals surface area contributed by atoms with E-state index in [0.29, 0.717) is 11.5 Å². The summed E-state index contributed by atoms with van der Waals surface area (Å²) >= 11 is 0. The number of likely N-dealkylation sites (tertiary alicyclic amines) is 1. The van der Waals surface area contributed by atoms with Gasteiger partial charge in [0, 0.05) is 24.2 Å². The van der Waals surface area contributed by atoms with Crippen LogP contribution in [0.15, 0.2) is 24.3 Å². The molecule has 2 aromatic rings. The van der Waals surface area contributed by atoms with Crippen LogP contribution in [0.4, 0.5) is 0 Å². The molecule has 5 heteroatoms. The van der Waals surface area contributed by atoms with E-state index in [0.717, 1.165) is 67.4 Å². The number of carbonyl (C=O) groups is 2. The number of hydrogen-bond donors (Lipinski definition) is 0. The lowest BCUT2D eigenvalue weighted by Crippen LogP contribution is -2.41. The van der Waals surface area contributed by atoms with E-state index in [1.54, 1.807) is 0 Å². The van der Waals surface area contributed by atoms with Gasteiger partial charge in [0.2, 0.25) is 0 Å². The fraction of sp³-hybridized carbons (Fsp3) is 0.476. The van der Waals surface area contributed by atoms with Gasteiger partial charge in [0.05, 0.1) is 11.1 Å². The number of ether oxygens (including phenoxy) is 1. The fourth-order valence-electron chi connectivity index (χ4n) is 4.15. The molecular formula is C21H24N2O3. The molecule has 0 N–H and O–H groups in total. The number of piperidine rings is 1. The summed E-state index contributed by atoms with van der Waals surface area (Å²) in [5.74, 6) is 0.0101. The minimum absolute atomic E-state index is 0.0973. The molecule has 0 saturated carbocycles. The van der Waals surface area contributed by atoms with Crippen LogP contribution in [0.1, 0.15) is 47.8 Å². The molecule has 5 nitrogen and oxygen atoms in total. The van der Waals surface area contributed by atoms with Gasteiger partial charge < -0.3 is 9.64 Å². The summed E-state index contributed by atoms with van der Waals surface area (Å²) in [5, 5.41) is 0.817. The van der Waals surface area contributed by atoms with Gasteiger partial charge in [-0.3, -0.25) is 9.78 Å². The molecule has 1 saturated heterocycles. The molecule has 1 aromatic carbocycles. The van der Waals surface area contributed by atoms with Crippen molar-refractivity contribution in [2.45, 2.75) is 39.0 Å². The molecule has 2 aliphatic rings. The van der Waals surface area contributed by atoms with Crippen LogP contribution in [0.5, 0.6) is 0 Å². The predicted octanol–water partition coefficient (Wildman–Crippen LogP) is 3.14. The molecule has 2 heterocycles. The Morgan fingerprint density at radius 3 is 2.92 bits per heavy atom. The zero-order valence-electron chi connectivity index (χ0n) is 15.2. The van der Waals surface area contributed by atoms with Crippen molar-refractivity contribution in [3.63, 3.8) is 0 Å². The van der Waals surface area contributed by atoms with Crippen LogP contribution in [-0.4, -0.2) is 41.5 Å². The van der Waals surface area contributed by atoms with Crippen LogP contribution in [0, 0.1) is 5.92 Å². The molecule has 136 valence electrons. The van der Waals surface area contributed by atoms with Gasteiger partial charge in [0.1, 0.15) is 0 Å². The molecule has 0 spiro atoms. The van der Waals surface area contributed by atoms with Crippen molar-refractivity contribution < 1.29 is 14.3 Å². The second-order valence-electron chi connectivity index (χ2n) is 7.45. The van der Waals surface area contributed by atoms with Crippen molar-refractivity contribution in [1.29, 1.82) is 0 Å². The Kier molecular flexibility index (Phi) is 4.62. The van der Waals surface area contributed by atoms with Crippen LogP contribution < -0.4 is 0 Å². The zero-order chi connectivity index (χ0) is 18.1. The number of nitrogens with zero attached hydrogens (tertiary/aromatic N) is 2. The Bertz CT molecular complexity index is 862. The monoisotopic (exact) mass is 352 g/mol. The van der Waals surface area contributed by atoms with E-state index in [1.165, 1.54) is 0 Å². The number of carbonyl (C=O) groups excluding carboxylic acids is 2. The first-order valence-electron chi connectivity index (χ1n) is 9.49. The summed E-state index contributed by atoms with van der Waals surface area (Å²) < 4.78 is 5.45. The third-order valence-electron chi connectivity index (χ3n) is 5.46. The van der Waals surface area contributed by atoms with Crippen molar-refractivity contribution in [3.05, 3.63) is 41.1 Å². The Labute approximate surface area is 153 Å². The third-order valence-corrected chi connectivity index (χ3v) is 5.46. The largest absolute Gasteiger partial charge is 0.452 e. The molecule has 4 rings (SSSR count). The number of aromatic nitrogens is 1. The molecule has 0 radical (unpaired) electrons. The van der Waals surface area contributed by atoms with Gasteiger partial charge in [-0.05, 0) is 49.7 Å². The van der Waals surface area contributed by atoms with Crippen LogP contribution in [0.2, 0.25) is 0 Å². The molecule has 1 amide bonds. The normalized spacial score (nSPS) is 19.4. The fourth-order valence-corrected chi connectivity index (χ4v) is 4.15. The van der Waals surface area contributed by atoms with Crippen molar-refractivity contribution in [2.24, 2.45) is 5.92 Å². The summed E-state index contributed by atoms with van der Waals surface area (Å²) in [6, 6.07) is 7.66. The maximum atomic E-state index is 12.8. The standard InChI is InChI=1S/C21H24N2O3/c1-14-6-5-11-23(12-14)19(24)13-26-21(25)20-15-7-2-3-9-17(15)22-18-10-4-8-16(18)20/h2-3,7,9,14H,4-6,8,10-13H2,1H3. The van der Waals surface area contributed by atoms with Gasteiger partial charge in [-0.1, -0.05) is 25.1 Å². The number of pyridine rings is 1. The zero-order valence-corrected chi connectivity index (χ0v) is 15.2. The second-order valence-corrected chi connectivity index (χ2v) is 7.45. The molecular weight excluding hydrogens is 328 g/mol. The van der Waals surface area contributed by atoms with Gasteiger partial charge in [-0.25, -0.2) is 4.79 Å². The van der Waals surface area contributed by atoms with Crippen LogP contribution >= 0.6 is 0 Å². The minimum atomic E-state index is -0.403. The summed E-state index contributed by atoms with van der Waals surface area (Å²) in [7, 11) is 0. The molecule has 1 aliphatic carbocycles. The van der Waals surface area contributed by atoms with E-state index in [-0.39, 0.29) is 12.5 Å². The number of hydrogen-bond acceptors (Lipinski definition) is 4. The quantitative estimate of drug-likeness (QED) is 0.796. The number of rotatable bonds is 3. The van der Waals surface area contributed by atoms with E-state index < -0.39 is 5.97 Å². The average molecular weight is 352 g/mol. The number of benzene rings is 1. The topological polar surface area (TPSA) is 59.5 Å². The molecule has 1 aromatic heterocycles. The number of amides is 1. The summed E-state index contributed by atoms with van der Waals surface area (Å²) in [6.45, 7) is 3.48. The van der Waals surface area contributed by atoms with Gasteiger partial charge >= 0.3 is 5.97 Å². The molecule has 1 unspecified atom stereocenters. The first-order valence-corrected chi connectivity index (χ1v) is 9.49. The van der Waals surface area contributed by atoms with Crippen LogP contribution in [-0.2, 0) is 22.4 Å². The van der Waals surface area contributed by atoms with Crippen molar-refractivity contribution in [2.75, 3.05) is 19.7 Å². The van der Waals surface area contributed by atoms with Crippen LogP contribution in [0.25, 0.3) is 10.9 Å². The van der Waals surface area contributed by atoms with Crippen LogP contribution in [0.3, 0.4) is 0 Å². The minimum Gasteiger partial charge on any atom is -0.452 e. The van der Waals surface area contributed by atoms with Crippen molar-refractivity contribution in [1.82, 2.24) is 9.88 Å². The number of esters is 1. The maximum Gasteiger partial charge on any atom is 0.339 e. The van der Waals surface area contributed by atoms with Gasteiger partial charge in [0.25, 0.3) is 5.91 Å². The summed E-state index contributed by atoms with van der Waals surface area (Å²) in [4.78, 5) is 31.8. The summed E-state index contributed by atoms with van der Waals surface area (Å²) in [5.41, 5.74) is 3.40. The van der Waals surface area contributed by atoms with E-state index in [1.807, 2.05) is 29.2 Å². The number of fused-ring (bicyclic) bond motifs is 2. The predicted molar refractivity (Wildman–Crippen MR) is 99.0 cm³/mol. The van der Waals surface area contributed by atoms with Crippen molar-refractivity contribution >= 4 is 22.8 Å². The lowest BCUT2D eigenvalue weighted by Gasteiger charge is -2.30. The van der Waals surface area contributed by atoms with E-state index >= 15 is 0 Å². The Morgan fingerprint density at radius 1 is 1.23 bits per heavy atom. The van der Waals surface area contributed by atoms with E-state index in [2.05, 4.69) is 6.92 Å². The van der Waals surface area contributed by atoms with E-state index in [9.17, 15) is 9.59 Å².